The van der Waals surface area contributed by atoms with Gasteiger partial charge in [0.2, 0.25) is 0 Å². The lowest BCUT2D eigenvalue weighted by atomic mass is 10.2. The van der Waals surface area contributed by atoms with Crippen molar-refractivity contribution in [1.29, 1.82) is 0 Å². The molecule has 0 aromatic carbocycles. The number of nitrogens with one attached hydrogen (secondary N) is 2. The van der Waals surface area contributed by atoms with Gasteiger partial charge in [-0.15, -0.1) is 0 Å². The summed E-state index contributed by atoms with van der Waals surface area (Å²) in [6, 6.07) is 0.424. The number of nitrogens with zero attached hydrogens (tertiary/aromatic N) is 2. The molecule has 1 rings (SSSR count). The molecule has 1 atom stereocenters. The van der Waals surface area contributed by atoms with Crippen LogP contribution in [0, 0.1) is 6.92 Å². The van der Waals surface area contributed by atoms with E-state index in [-0.39, 0.29) is 0 Å². The lowest BCUT2D eigenvalue weighted by Gasteiger charge is -2.18. The summed E-state index contributed by atoms with van der Waals surface area (Å²) in [4.78, 5) is 9.13. The van der Waals surface area contributed by atoms with Gasteiger partial charge in [0.05, 0.1) is 0 Å². The van der Waals surface area contributed by atoms with Crippen molar-refractivity contribution in [3.05, 3.63) is 11.4 Å². The summed E-state index contributed by atoms with van der Waals surface area (Å²) in [7, 11) is 1.90. The predicted molar refractivity (Wildman–Crippen MR) is 73.8 cm³/mol. The Kier molecular flexibility index (Phi) is 4.73. The van der Waals surface area contributed by atoms with E-state index >= 15 is 0 Å². The van der Waals surface area contributed by atoms with Crippen molar-refractivity contribution in [2.75, 3.05) is 17.7 Å². The fourth-order valence-electron chi connectivity index (χ4n) is 1.51. The van der Waals surface area contributed by atoms with Crippen LogP contribution in [0.1, 0.15) is 51.4 Å². The molecule has 0 aliphatic heterocycles. The molecule has 0 aliphatic rings. The van der Waals surface area contributed by atoms with Gasteiger partial charge in [0.1, 0.15) is 17.5 Å². The number of rotatable bonds is 5. The second-order valence-corrected chi connectivity index (χ2v) is 4.76. The molecule has 17 heavy (non-hydrogen) atoms. The van der Waals surface area contributed by atoms with Gasteiger partial charge in [0.15, 0.2) is 0 Å². The quantitative estimate of drug-likeness (QED) is 0.824. The van der Waals surface area contributed by atoms with Crippen molar-refractivity contribution in [2.24, 2.45) is 0 Å². The highest BCUT2D eigenvalue weighted by molar-refractivity contribution is 5.57. The minimum atomic E-state index is 0.334. The van der Waals surface area contributed by atoms with E-state index in [9.17, 15) is 0 Å². The highest BCUT2D eigenvalue weighted by Crippen LogP contribution is 2.23. The summed E-state index contributed by atoms with van der Waals surface area (Å²) < 4.78 is 0. The van der Waals surface area contributed by atoms with Crippen LogP contribution < -0.4 is 10.6 Å². The Balaban J connectivity index is 3.13. The minimum Gasteiger partial charge on any atom is -0.373 e. The van der Waals surface area contributed by atoms with E-state index in [0.29, 0.717) is 12.0 Å². The number of hydrogen-bond acceptors (Lipinski definition) is 4. The van der Waals surface area contributed by atoms with Gasteiger partial charge in [-0.3, -0.25) is 0 Å². The van der Waals surface area contributed by atoms with Crippen LogP contribution in [0.15, 0.2) is 0 Å². The molecular weight excluding hydrogens is 212 g/mol. The standard InChI is InChI=1S/C13H24N4/c1-7-9(4)15-13-10(5)12(14-6)16-11(17-13)8(2)3/h8-9H,7H2,1-6H3,(H2,14,15,16,17). The zero-order valence-corrected chi connectivity index (χ0v) is 11.8. The van der Waals surface area contributed by atoms with Crippen molar-refractivity contribution in [3.8, 4) is 0 Å². The largest absolute Gasteiger partial charge is 0.373 e. The van der Waals surface area contributed by atoms with E-state index in [2.05, 4.69) is 48.3 Å². The summed E-state index contributed by atoms with van der Waals surface area (Å²) in [6.45, 7) is 10.6. The highest BCUT2D eigenvalue weighted by atomic mass is 15.1. The van der Waals surface area contributed by atoms with Crippen molar-refractivity contribution in [2.45, 2.75) is 53.0 Å². The van der Waals surface area contributed by atoms with Gasteiger partial charge >= 0.3 is 0 Å². The molecule has 2 N–H and O–H groups in total. The van der Waals surface area contributed by atoms with Crippen LogP contribution in [-0.4, -0.2) is 23.1 Å². The zero-order valence-electron chi connectivity index (χ0n) is 11.8. The Labute approximate surface area is 104 Å². The second-order valence-electron chi connectivity index (χ2n) is 4.76. The molecule has 0 amide bonds. The Morgan fingerprint density at radius 2 is 1.71 bits per heavy atom. The number of anilines is 2. The first-order valence-electron chi connectivity index (χ1n) is 6.32. The monoisotopic (exact) mass is 236 g/mol. The normalized spacial score (nSPS) is 12.6. The summed E-state index contributed by atoms with van der Waals surface area (Å²) in [5.74, 6) is 3.07. The molecule has 0 fully saturated rings. The molecule has 4 heteroatoms. The molecule has 0 bridgehead atoms. The van der Waals surface area contributed by atoms with E-state index < -0.39 is 0 Å². The maximum Gasteiger partial charge on any atom is 0.135 e. The third-order valence-corrected chi connectivity index (χ3v) is 2.91. The molecule has 0 radical (unpaired) electrons. The number of hydrogen-bond donors (Lipinski definition) is 2. The third kappa shape index (κ3) is 3.32. The molecule has 0 saturated carbocycles. The van der Waals surface area contributed by atoms with Crippen molar-refractivity contribution in [1.82, 2.24) is 9.97 Å². The molecule has 0 aliphatic carbocycles. The molecule has 0 spiro atoms. The first-order valence-corrected chi connectivity index (χ1v) is 6.32. The Hall–Kier alpha value is -1.32. The molecular formula is C13H24N4. The van der Waals surface area contributed by atoms with Crippen LogP contribution in [0.5, 0.6) is 0 Å². The minimum absolute atomic E-state index is 0.334. The van der Waals surface area contributed by atoms with Crippen LogP contribution in [0.25, 0.3) is 0 Å². The van der Waals surface area contributed by atoms with Crippen molar-refractivity contribution in [3.63, 3.8) is 0 Å². The lowest BCUT2D eigenvalue weighted by molar-refractivity contribution is 0.739. The highest BCUT2D eigenvalue weighted by Gasteiger charge is 2.13. The first-order chi connectivity index (χ1) is 7.99. The van der Waals surface area contributed by atoms with E-state index in [1.807, 2.05) is 14.0 Å². The first kappa shape index (κ1) is 13.7. The number of aromatic nitrogens is 2. The Bertz CT molecular complexity index is 374. The van der Waals surface area contributed by atoms with Gasteiger partial charge in [-0.1, -0.05) is 20.8 Å². The maximum absolute atomic E-state index is 4.61. The second kappa shape index (κ2) is 5.84. The Morgan fingerprint density at radius 3 is 2.18 bits per heavy atom. The lowest BCUT2D eigenvalue weighted by Crippen LogP contribution is -2.17. The zero-order chi connectivity index (χ0) is 13.0. The van der Waals surface area contributed by atoms with Crippen LogP contribution >= 0.6 is 0 Å². The topological polar surface area (TPSA) is 49.8 Å². The fraction of sp³-hybridized carbons (Fsp3) is 0.692. The fourth-order valence-corrected chi connectivity index (χ4v) is 1.51. The van der Waals surface area contributed by atoms with E-state index in [4.69, 9.17) is 0 Å². The van der Waals surface area contributed by atoms with Gasteiger partial charge in [-0.25, -0.2) is 9.97 Å². The average molecular weight is 236 g/mol. The molecule has 0 saturated heterocycles. The van der Waals surface area contributed by atoms with E-state index in [1.165, 1.54) is 0 Å². The van der Waals surface area contributed by atoms with Gasteiger partial charge in [0.25, 0.3) is 0 Å². The van der Waals surface area contributed by atoms with Gasteiger partial charge in [-0.2, -0.15) is 0 Å². The SMILES string of the molecule is CCC(C)Nc1nc(C(C)C)nc(NC)c1C. The van der Waals surface area contributed by atoms with Crippen LogP contribution in [0.2, 0.25) is 0 Å². The smallest absolute Gasteiger partial charge is 0.135 e. The van der Waals surface area contributed by atoms with Crippen molar-refractivity contribution < 1.29 is 0 Å². The maximum atomic E-state index is 4.61. The van der Waals surface area contributed by atoms with Crippen molar-refractivity contribution >= 4 is 11.6 Å². The van der Waals surface area contributed by atoms with E-state index in [0.717, 1.165) is 29.4 Å². The summed E-state index contributed by atoms with van der Waals surface area (Å²) in [5, 5.41) is 6.57. The molecule has 96 valence electrons. The summed E-state index contributed by atoms with van der Waals surface area (Å²) >= 11 is 0. The third-order valence-electron chi connectivity index (χ3n) is 2.91. The van der Waals surface area contributed by atoms with Gasteiger partial charge in [0, 0.05) is 24.6 Å². The van der Waals surface area contributed by atoms with Gasteiger partial charge < -0.3 is 10.6 Å². The van der Waals surface area contributed by atoms with Crippen LogP contribution in [0.4, 0.5) is 11.6 Å². The van der Waals surface area contributed by atoms with Crippen LogP contribution in [0.3, 0.4) is 0 Å². The average Bonchev–Trinajstić information content (AvgIpc) is 2.31. The summed E-state index contributed by atoms with van der Waals surface area (Å²) in [6.07, 6.45) is 1.08. The molecule has 1 aromatic rings. The molecule has 1 unspecified atom stereocenters. The molecule has 4 nitrogen and oxygen atoms in total. The summed E-state index contributed by atoms with van der Waals surface area (Å²) in [5.41, 5.74) is 1.08. The van der Waals surface area contributed by atoms with Crippen LogP contribution in [-0.2, 0) is 0 Å². The van der Waals surface area contributed by atoms with E-state index in [1.54, 1.807) is 0 Å². The predicted octanol–water partition coefficient (Wildman–Crippen LogP) is 3.16. The molecule has 1 aromatic heterocycles. The van der Waals surface area contributed by atoms with Gasteiger partial charge in [-0.05, 0) is 20.3 Å². The Morgan fingerprint density at radius 1 is 1.12 bits per heavy atom. The molecule has 1 heterocycles.